The molecule has 0 heterocycles. The normalized spacial score (nSPS) is 12.2. The standard InChI is InChI=1S/C16H21FN2O5/c1-16(2,3)24-15(22)19-12(14(21)23-4)8-9-5-6-10(13(18)20)11(17)7-9/h5-7,12H,8H2,1-4H3,(H2,18,20)(H,19,22)/t12-/m0/s1. The van der Waals surface area contributed by atoms with E-state index in [1.807, 2.05) is 0 Å². The molecule has 1 atom stereocenters. The molecule has 0 aliphatic heterocycles. The number of rotatable bonds is 5. The number of primary amides is 1. The highest BCUT2D eigenvalue weighted by Gasteiger charge is 2.25. The second kappa shape index (κ2) is 7.76. The van der Waals surface area contributed by atoms with Gasteiger partial charge in [-0.3, -0.25) is 4.79 Å². The Morgan fingerprint density at radius 3 is 2.38 bits per heavy atom. The van der Waals surface area contributed by atoms with E-state index in [4.69, 9.17) is 10.5 Å². The van der Waals surface area contributed by atoms with E-state index in [1.54, 1.807) is 20.8 Å². The molecule has 0 aliphatic carbocycles. The van der Waals surface area contributed by atoms with Crippen molar-refractivity contribution in [3.63, 3.8) is 0 Å². The summed E-state index contributed by atoms with van der Waals surface area (Å²) in [5.41, 5.74) is 4.42. The van der Waals surface area contributed by atoms with Gasteiger partial charge < -0.3 is 20.5 Å². The predicted octanol–water partition coefficient (Wildman–Crippen LogP) is 1.53. The Kier molecular flexibility index (Phi) is 6.27. The van der Waals surface area contributed by atoms with Crippen molar-refractivity contribution in [2.45, 2.75) is 38.8 Å². The molecule has 24 heavy (non-hydrogen) atoms. The van der Waals surface area contributed by atoms with Gasteiger partial charge in [-0.25, -0.2) is 14.0 Å². The molecule has 0 fully saturated rings. The number of halogens is 1. The first-order valence-corrected chi connectivity index (χ1v) is 7.19. The fourth-order valence-electron chi connectivity index (χ4n) is 1.91. The monoisotopic (exact) mass is 340 g/mol. The number of nitrogens with one attached hydrogen (secondary N) is 1. The van der Waals surface area contributed by atoms with Crippen LogP contribution in [-0.4, -0.2) is 36.7 Å². The van der Waals surface area contributed by atoms with Crippen molar-refractivity contribution in [1.29, 1.82) is 0 Å². The Balaban J connectivity index is 2.91. The quantitative estimate of drug-likeness (QED) is 0.791. The fourth-order valence-corrected chi connectivity index (χ4v) is 1.91. The first kappa shape index (κ1) is 19.4. The van der Waals surface area contributed by atoms with Gasteiger partial charge in [0.25, 0.3) is 5.91 Å². The maximum Gasteiger partial charge on any atom is 0.408 e. The predicted molar refractivity (Wildman–Crippen MR) is 83.8 cm³/mol. The van der Waals surface area contributed by atoms with Gasteiger partial charge in [0, 0.05) is 6.42 Å². The molecule has 132 valence electrons. The number of carbonyl (C=O) groups excluding carboxylic acids is 3. The molecular weight excluding hydrogens is 319 g/mol. The van der Waals surface area contributed by atoms with E-state index in [9.17, 15) is 18.8 Å². The van der Waals surface area contributed by atoms with Gasteiger partial charge in [-0.2, -0.15) is 0 Å². The van der Waals surface area contributed by atoms with Crippen LogP contribution in [0.1, 0.15) is 36.7 Å². The lowest BCUT2D eigenvalue weighted by Crippen LogP contribution is -2.45. The maximum absolute atomic E-state index is 13.8. The van der Waals surface area contributed by atoms with Gasteiger partial charge >= 0.3 is 12.1 Å². The Morgan fingerprint density at radius 2 is 1.92 bits per heavy atom. The van der Waals surface area contributed by atoms with Crippen molar-refractivity contribution in [3.8, 4) is 0 Å². The van der Waals surface area contributed by atoms with E-state index in [1.165, 1.54) is 19.2 Å². The van der Waals surface area contributed by atoms with E-state index in [-0.39, 0.29) is 12.0 Å². The second-order valence-electron chi connectivity index (χ2n) is 6.10. The molecule has 0 aromatic heterocycles. The lowest BCUT2D eigenvalue weighted by Gasteiger charge is -2.22. The zero-order valence-electron chi connectivity index (χ0n) is 14.0. The molecule has 0 spiro atoms. The molecule has 0 bridgehead atoms. The van der Waals surface area contributed by atoms with Crippen molar-refractivity contribution in [2.75, 3.05) is 7.11 Å². The summed E-state index contributed by atoms with van der Waals surface area (Å²) in [5.74, 6) is -2.41. The summed E-state index contributed by atoms with van der Waals surface area (Å²) in [4.78, 5) is 34.7. The van der Waals surface area contributed by atoms with E-state index in [2.05, 4.69) is 10.1 Å². The fraction of sp³-hybridized carbons (Fsp3) is 0.438. The summed E-state index contributed by atoms with van der Waals surface area (Å²) in [7, 11) is 1.17. The summed E-state index contributed by atoms with van der Waals surface area (Å²) in [6, 6.07) is 2.67. The van der Waals surface area contributed by atoms with Crippen LogP contribution in [0.15, 0.2) is 18.2 Å². The van der Waals surface area contributed by atoms with Crippen LogP contribution in [-0.2, 0) is 20.7 Å². The maximum atomic E-state index is 13.8. The lowest BCUT2D eigenvalue weighted by atomic mass is 10.0. The Hall–Kier alpha value is -2.64. The molecule has 0 aliphatic rings. The number of carbonyl (C=O) groups is 3. The minimum Gasteiger partial charge on any atom is -0.467 e. The molecular formula is C16H21FN2O5. The number of methoxy groups -OCH3 is 1. The number of nitrogens with two attached hydrogens (primary N) is 1. The van der Waals surface area contributed by atoms with Crippen LogP contribution < -0.4 is 11.1 Å². The molecule has 8 heteroatoms. The third-order valence-electron chi connectivity index (χ3n) is 2.92. The van der Waals surface area contributed by atoms with Gasteiger partial charge in [0.15, 0.2) is 0 Å². The minimum atomic E-state index is -1.07. The van der Waals surface area contributed by atoms with Gasteiger partial charge in [-0.05, 0) is 38.5 Å². The zero-order chi connectivity index (χ0) is 18.5. The second-order valence-corrected chi connectivity index (χ2v) is 6.10. The molecule has 0 saturated carbocycles. The van der Waals surface area contributed by atoms with E-state index >= 15 is 0 Å². The first-order valence-electron chi connectivity index (χ1n) is 7.19. The summed E-state index contributed by atoms with van der Waals surface area (Å²) >= 11 is 0. The third kappa shape index (κ3) is 5.86. The average Bonchev–Trinajstić information content (AvgIpc) is 2.43. The van der Waals surface area contributed by atoms with Crippen LogP contribution in [0.5, 0.6) is 0 Å². The molecule has 2 amide bonds. The van der Waals surface area contributed by atoms with Crippen molar-refractivity contribution < 1.29 is 28.2 Å². The van der Waals surface area contributed by atoms with Gasteiger partial charge in [0.1, 0.15) is 17.5 Å². The summed E-state index contributed by atoms with van der Waals surface area (Å²) in [5, 5.41) is 2.38. The van der Waals surface area contributed by atoms with E-state index < -0.39 is 35.4 Å². The highest BCUT2D eigenvalue weighted by molar-refractivity contribution is 5.93. The summed E-state index contributed by atoms with van der Waals surface area (Å²) in [6.07, 6.45) is -0.839. The number of amides is 2. The van der Waals surface area contributed by atoms with E-state index in [0.29, 0.717) is 5.56 Å². The van der Waals surface area contributed by atoms with Crippen LogP contribution in [0.4, 0.5) is 9.18 Å². The van der Waals surface area contributed by atoms with Crippen LogP contribution in [0.3, 0.4) is 0 Å². The van der Waals surface area contributed by atoms with Crippen molar-refractivity contribution in [2.24, 2.45) is 5.73 Å². The smallest absolute Gasteiger partial charge is 0.408 e. The number of alkyl carbamates (subject to hydrolysis) is 1. The summed E-state index contributed by atoms with van der Waals surface area (Å²) < 4.78 is 23.5. The molecule has 0 radical (unpaired) electrons. The Labute approximate surface area is 139 Å². The number of hydrogen-bond donors (Lipinski definition) is 2. The number of esters is 1. The first-order chi connectivity index (χ1) is 11.0. The van der Waals surface area contributed by atoms with Crippen LogP contribution in [0.2, 0.25) is 0 Å². The minimum absolute atomic E-state index is 0.0398. The van der Waals surface area contributed by atoms with Crippen LogP contribution in [0.25, 0.3) is 0 Å². The average molecular weight is 340 g/mol. The molecule has 1 aromatic rings. The SMILES string of the molecule is COC(=O)[C@H](Cc1ccc(C(N)=O)c(F)c1)NC(=O)OC(C)(C)C. The Morgan fingerprint density at radius 1 is 1.29 bits per heavy atom. The molecule has 0 unspecified atom stereocenters. The van der Waals surface area contributed by atoms with Gasteiger partial charge in [0.05, 0.1) is 12.7 Å². The molecule has 1 aromatic carbocycles. The largest absolute Gasteiger partial charge is 0.467 e. The van der Waals surface area contributed by atoms with Gasteiger partial charge in [-0.1, -0.05) is 6.07 Å². The number of hydrogen-bond acceptors (Lipinski definition) is 5. The van der Waals surface area contributed by atoms with Crippen LogP contribution in [0, 0.1) is 5.82 Å². The van der Waals surface area contributed by atoms with Crippen molar-refractivity contribution in [3.05, 3.63) is 35.1 Å². The number of ether oxygens (including phenoxy) is 2. The molecule has 7 nitrogen and oxygen atoms in total. The highest BCUT2D eigenvalue weighted by Crippen LogP contribution is 2.13. The van der Waals surface area contributed by atoms with Crippen molar-refractivity contribution in [1.82, 2.24) is 5.32 Å². The van der Waals surface area contributed by atoms with Crippen molar-refractivity contribution >= 4 is 18.0 Å². The number of benzene rings is 1. The molecule has 1 rings (SSSR count). The van der Waals surface area contributed by atoms with E-state index in [0.717, 1.165) is 6.07 Å². The molecule has 0 saturated heterocycles. The topological polar surface area (TPSA) is 108 Å². The lowest BCUT2D eigenvalue weighted by molar-refractivity contribution is -0.143. The third-order valence-corrected chi connectivity index (χ3v) is 2.92. The van der Waals surface area contributed by atoms with Gasteiger partial charge in [0.2, 0.25) is 0 Å². The Bertz CT molecular complexity index is 640. The molecule has 3 N–H and O–H groups in total. The van der Waals surface area contributed by atoms with Gasteiger partial charge in [-0.15, -0.1) is 0 Å². The highest BCUT2D eigenvalue weighted by atomic mass is 19.1. The zero-order valence-corrected chi connectivity index (χ0v) is 14.0. The van der Waals surface area contributed by atoms with Crippen LogP contribution >= 0.6 is 0 Å². The summed E-state index contributed by atoms with van der Waals surface area (Å²) in [6.45, 7) is 5.03.